The van der Waals surface area contributed by atoms with Crippen LogP contribution >= 0.6 is 11.3 Å². The summed E-state index contributed by atoms with van der Waals surface area (Å²) in [5.74, 6) is -0.152. The van der Waals surface area contributed by atoms with Crippen molar-refractivity contribution in [1.29, 1.82) is 0 Å². The van der Waals surface area contributed by atoms with E-state index in [4.69, 9.17) is 0 Å². The lowest BCUT2D eigenvalue weighted by Crippen LogP contribution is -2.26. The number of para-hydroxylation sites is 1. The number of carbonyl (C=O) groups excluding carboxylic acids is 1. The van der Waals surface area contributed by atoms with E-state index in [1.54, 1.807) is 11.3 Å². The van der Waals surface area contributed by atoms with Gasteiger partial charge in [-0.15, -0.1) is 11.3 Å². The van der Waals surface area contributed by atoms with Crippen molar-refractivity contribution in [2.75, 3.05) is 0 Å². The Morgan fingerprint density at radius 3 is 2.85 bits per heavy atom. The molecular formula is C15H15N3OS. The summed E-state index contributed by atoms with van der Waals surface area (Å²) in [5.41, 5.74) is 1.32. The summed E-state index contributed by atoms with van der Waals surface area (Å²) in [7, 11) is 0. The number of carbonyl (C=O) groups is 1. The fraction of sp³-hybridized carbons (Fsp3) is 0.200. The Hall–Kier alpha value is -2.14. The molecule has 4 nitrogen and oxygen atoms in total. The van der Waals surface area contributed by atoms with Crippen LogP contribution in [0.4, 0.5) is 0 Å². The highest BCUT2D eigenvalue weighted by Gasteiger charge is 2.17. The molecule has 3 rings (SSSR count). The van der Waals surface area contributed by atoms with Crippen LogP contribution in [0.5, 0.6) is 0 Å². The van der Waals surface area contributed by atoms with Gasteiger partial charge in [-0.05, 0) is 32.0 Å². The summed E-state index contributed by atoms with van der Waals surface area (Å²) >= 11 is 1.70. The topological polar surface area (TPSA) is 57.8 Å². The number of thiophene rings is 1. The highest BCUT2D eigenvalue weighted by Crippen LogP contribution is 2.23. The van der Waals surface area contributed by atoms with Crippen LogP contribution in [0.2, 0.25) is 0 Å². The van der Waals surface area contributed by atoms with Gasteiger partial charge in [-0.2, -0.15) is 5.10 Å². The van der Waals surface area contributed by atoms with E-state index in [9.17, 15) is 4.79 Å². The van der Waals surface area contributed by atoms with Crippen LogP contribution in [0, 0.1) is 6.92 Å². The number of fused-ring (bicyclic) bond motifs is 1. The molecule has 0 aliphatic heterocycles. The molecule has 5 heteroatoms. The van der Waals surface area contributed by atoms with Gasteiger partial charge in [0.25, 0.3) is 5.91 Å². The third kappa shape index (κ3) is 2.32. The zero-order valence-electron chi connectivity index (χ0n) is 11.3. The maximum Gasteiger partial charge on any atom is 0.272 e. The van der Waals surface area contributed by atoms with Crippen molar-refractivity contribution in [3.8, 4) is 0 Å². The molecule has 20 heavy (non-hydrogen) atoms. The monoisotopic (exact) mass is 285 g/mol. The standard InChI is InChI=1S/C15H15N3OS/c1-9-7-8-13(20-9)10(2)16-15(19)14-11-5-3-4-6-12(11)17-18-14/h3-8,10H,1-2H3,(H,16,19)(H,17,18)/t10-/m1/s1. The maximum absolute atomic E-state index is 12.3. The highest BCUT2D eigenvalue weighted by atomic mass is 32.1. The predicted octanol–water partition coefficient (Wildman–Crippen LogP) is 3.42. The van der Waals surface area contributed by atoms with Crippen LogP contribution < -0.4 is 5.32 Å². The lowest BCUT2D eigenvalue weighted by Gasteiger charge is -2.11. The zero-order chi connectivity index (χ0) is 14.1. The van der Waals surface area contributed by atoms with Crippen molar-refractivity contribution in [3.05, 3.63) is 51.8 Å². The van der Waals surface area contributed by atoms with E-state index in [0.29, 0.717) is 5.69 Å². The minimum atomic E-state index is -0.152. The number of hydrogen-bond acceptors (Lipinski definition) is 3. The minimum absolute atomic E-state index is 0.0170. The van der Waals surface area contributed by atoms with Crippen molar-refractivity contribution >= 4 is 28.1 Å². The third-order valence-corrected chi connectivity index (χ3v) is 4.40. The second-order valence-electron chi connectivity index (χ2n) is 4.76. The molecule has 0 saturated heterocycles. The van der Waals surface area contributed by atoms with Crippen LogP contribution in [-0.4, -0.2) is 16.1 Å². The van der Waals surface area contributed by atoms with E-state index in [1.807, 2.05) is 37.3 Å². The molecule has 0 fully saturated rings. The Morgan fingerprint density at radius 1 is 1.30 bits per heavy atom. The summed E-state index contributed by atoms with van der Waals surface area (Å²) in [6.07, 6.45) is 0. The predicted molar refractivity (Wildman–Crippen MR) is 81.0 cm³/mol. The molecule has 0 radical (unpaired) electrons. The van der Waals surface area contributed by atoms with E-state index in [-0.39, 0.29) is 11.9 Å². The zero-order valence-corrected chi connectivity index (χ0v) is 12.1. The van der Waals surface area contributed by atoms with Gasteiger partial charge in [0.15, 0.2) is 5.69 Å². The first-order valence-corrected chi connectivity index (χ1v) is 7.27. The van der Waals surface area contributed by atoms with E-state index < -0.39 is 0 Å². The molecule has 1 atom stereocenters. The van der Waals surface area contributed by atoms with Gasteiger partial charge in [0.05, 0.1) is 11.6 Å². The van der Waals surface area contributed by atoms with Crippen molar-refractivity contribution in [2.24, 2.45) is 0 Å². The largest absolute Gasteiger partial charge is 0.343 e. The number of aryl methyl sites for hydroxylation is 1. The minimum Gasteiger partial charge on any atom is -0.343 e. The van der Waals surface area contributed by atoms with Crippen LogP contribution in [0.1, 0.15) is 33.2 Å². The maximum atomic E-state index is 12.3. The lowest BCUT2D eigenvalue weighted by molar-refractivity contribution is 0.0937. The Kier molecular flexibility index (Phi) is 3.28. The number of benzene rings is 1. The number of amides is 1. The summed E-state index contributed by atoms with van der Waals surface area (Å²) in [4.78, 5) is 14.7. The third-order valence-electron chi connectivity index (χ3n) is 3.22. The van der Waals surface area contributed by atoms with Crippen LogP contribution in [0.15, 0.2) is 36.4 Å². The van der Waals surface area contributed by atoms with E-state index in [0.717, 1.165) is 15.8 Å². The van der Waals surface area contributed by atoms with Gasteiger partial charge in [0.2, 0.25) is 0 Å². The molecule has 0 saturated carbocycles. The first kappa shape index (κ1) is 12.9. The van der Waals surface area contributed by atoms with Gasteiger partial charge in [-0.1, -0.05) is 18.2 Å². The number of aromatic nitrogens is 2. The van der Waals surface area contributed by atoms with Crippen LogP contribution in [0.3, 0.4) is 0 Å². The molecule has 0 aliphatic rings. The van der Waals surface area contributed by atoms with Gasteiger partial charge < -0.3 is 5.32 Å². The Labute approximate surface area is 120 Å². The van der Waals surface area contributed by atoms with Gasteiger partial charge in [0.1, 0.15) is 0 Å². The number of rotatable bonds is 3. The van der Waals surface area contributed by atoms with Crippen molar-refractivity contribution in [3.63, 3.8) is 0 Å². The lowest BCUT2D eigenvalue weighted by atomic mass is 10.2. The van der Waals surface area contributed by atoms with Gasteiger partial charge in [-0.25, -0.2) is 0 Å². The molecule has 0 spiro atoms. The molecule has 3 aromatic rings. The molecule has 2 N–H and O–H groups in total. The summed E-state index contributed by atoms with van der Waals surface area (Å²) < 4.78 is 0. The van der Waals surface area contributed by atoms with Crippen molar-refractivity contribution < 1.29 is 4.79 Å². The fourth-order valence-electron chi connectivity index (χ4n) is 2.16. The summed E-state index contributed by atoms with van der Waals surface area (Å²) in [5, 5.41) is 10.8. The average molecular weight is 285 g/mol. The Balaban J connectivity index is 1.82. The normalized spacial score (nSPS) is 12.5. The second kappa shape index (κ2) is 5.09. The molecule has 0 aliphatic carbocycles. The first-order chi connectivity index (χ1) is 9.65. The smallest absolute Gasteiger partial charge is 0.272 e. The Morgan fingerprint density at radius 2 is 2.10 bits per heavy atom. The van der Waals surface area contributed by atoms with E-state index >= 15 is 0 Å². The molecule has 0 bridgehead atoms. The van der Waals surface area contributed by atoms with Gasteiger partial charge >= 0.3 is 0 Å². The molecule has 2 heterocycles. The van der Waals surface area contributed by atoms with Crippen molar-refractivity contribution in [1.82, 2.24) is 15.5 Å². The van der Waals surface area contributed by atoms with Crippen LogP contribution in [-0.2, 0) is 0 Å². The van der Waals surface area contributed by atoms with E-state index in [2.05, 4.69) is 28.5 Å². The molecule has 0 unspecified atom stereocenters. The molecule has 2 aromatic heterocycles. The van der Waals surface area contributed by atoms with Gasteiger partial charge in [0, 0.05) is 15.1 Å². The second-order valence-corrected chi connectivity index (χ2v) is 6.08. The molecule has 1 amide bonds. The highest BCUT2D eigenvalue weighted by molar-refractivity contribution is 7.12. The summed E-state index contributed by atoms with van der Waals surface area (Å²) in [6, 6.07) is 11.7. The number of nitrogens with one attached hydrogen (secondary N) is 2. The molecule has 1 aromatic carbocycles. The number of H-pyrrole nitrogens is 1. The molecular weight excluding hydrogens is 270 g/mol. The number of hydrogen-bond donors (Lipinski definition) is 2. The van der Waals surface area contributed by atoms with Crippen LogP contribution in [0.25, 0.3) is 10.9 Å². The van der Waals surface area contributed by atoms with Crippen molar-refractivity contribution in [2.45, 2.75) is 19.9 Å². The Bertz CT molecular complexity index is 759. The number of aromatic amines is 1. The first-order valence-electron chi connectivity index (χ1n) is 6.45. The quantitative estimate of drug-likeness (QED) is 0.774. The summed E-state index contributed by atoms with van der Waals surface area (Å²) in [6.45, 7) is 4.04. The molecule has 102 valence electrons. The fourth-order valence-corrected chi connectivity index (χ4v) is 3.04. The van der Waals surface area contributed by atoms with Gasteiger partial charge in [-0.3, -0.25) is 9.89 Å². The SMILES string of the molecule is Cc1ccc([C@@H](C)NC(=O)c2n[nH]c3ccccc23)s1. The average Bonchev–Trinajstić information content (AvgIpc) is 3.04. The number of nitrogens with zero attached hydrogens (tertiary/aromatic N) is 1. The van der Waals surface area contributed by atoms with E-state index in [1.165, 1.54) is 4.88 Å².